The van der Waals surface area contributed by atoms with Gasteiger partial charge < -0.3 is 4.74 Å². The summed E-state index contributed by atoms with van der Waals surface area (Å²) < 4.78 is 4.58. The maximum absolute atomic E-state index is 11.2. The van der Waals surface area contributed by atoms with E-state index in [1.165, 1.54) is 18.3 Å². The molecule has 4 heteroatoms. The number of nitrogens with two attached hydrogens (primary N) is 1. The van der Waals surface area contributed by atoms with E-state index in [1.807, 2.05) is 0 Å². The Morgan fingerprint density at radius 2 is 2.31 bits per heavy atom. The normalized spacial score (nSPS) is 16.5. The molecule has 0 fully saturated rings. The van der Waals surface area contributed by atoms with Gasteiger partial charge in [-0.3, -0.25) is 5.01 Å². The maximum atomic E-state index is 11.2. The number of rotatable bonds is 1. The first-order chi connectivity index (χ1) is 6.06. The van der Waals surface area contributed by atoms with Crippen molar-refractivity contribution in [3.05, 3.63) is 35.7 Å². The lowest BCUT2D eigenvalue weighted by Gasteiger charge is -2.21. The number of hydrogen-bond acceptors (Lipinski definition) is 4. The van der Waals surface area contributed by atoms with Crippen molar-refractivity contribution in [2.45, 2.75) is 6.92 Å². The number of esters is 1. The molecule has 0 saturated carbocycles. The quantitative estimate of drug-likeness (QED) is 0.476. The highest BCUT2D eigenvalue weighted by molar-refractivity contribution is 5.93. The molecule has 0 amide bonds. The number of ether oxygens (including phenoxy) is 1. The van der Waals surface area contributed by atoms with Crippen LogP contribution in [-0.2, 0) is 9.53 Å². The Kier molecular flexibility index (Phi) is 2.53. The molecule has 0 atom stereocenters. The van der Waals surface area contributed by atoms with Gasteiger partial charge in [0.15, 0.2) is 0 Å². The van der Waals surface area contributed by atoms with Gasteiger partial charge in [0.2, 0.25) is 0 Å². The van der Waals surface area contributed by atoms with Crippen LogP contribution in [0.15, 0.2) is 35.7 Å². The summed E-state index contributed by atoms with van der Waals surface area (Å²) in [5, 5.41) is 1.29. The summed E-state index contributed by atoms with van der Waals surface area (Å²) in [6, 6.07) is 0. The fraction of sp³-hybridized carbons (Fsp3) is 0.222. The van der Waals surface area contributed by atoms with Crippen LogP contribution in [0.1, 0.15) is 6.92 Å². The van der Waals surface area contributed by atoms with Gasteiger partial charge in [0.1, 0.15) is 0 Å². The zero-order valence-corrected chi connectivity index (χ0v) is 7.70. The second-order valence-corrected chi connectivity index (χ2v) is 2.76. The molecule has 1 aliphatic rings. The summed E-state index contributed by atoms with van der Waals surface area (Å²) in [5.74, 6) is 5.14. The molecule has 1 aliphatic heterocycles. The molecule has 1 rings (SSSR count). The SMILES string of the molecule is C=C1C=C(C)C(C(=O)OC)=CN1N. The number of methoxy groups -OCH3 is 1. The molecule has 13 heavy (non-hydrogen) atoms. The summed E-state index contributed by atoms with van der Waals surface area (Å²) >= 11 is 0. The van der Waals surface area contributed by atoms with Crippen LogP contribution in [0.2, 0.25) is 0 Å². The molecule has 0 aromatic rings. The van der Waals surface area contributed by atoms with Crippen LogP contribution in [-0.4, -0.2) is 18.1 Å². The number of hydrazine groups is 1. The molecule has 2 N–H and O–H groups in total. The Labute approximate surface area is 76.9 Å². The van der Waals surface area contributed by atoms with E-state index in [4.69, 9.17) is 5.84 Å². The number of hydrogen-bond donors (Lipinski definition) is 1. The highest BCUT2D eigenvalue weighted by Crippen LogP contribution is 2.20. The fourth-order valence-corrected chi connectivity index (χ4v) is 1.05. The van der Waals surface area contributed by atoms with Crippen molar-refractivity contribution in [1.82, 2.24) is 5.01 Å². The molecule has 0 spiro atoms. The predicted molar refractivity (Wildman–Crippen MR) is 49.0 cm³/mol. The van der Waals surface area contributed by atoms with Gasteiger partial charge in [-0.1, -0.05) is 6.58 Å². The summed E-state index contributed by atoms with van der Waals surface area (Å²) in [4.78, 5) is 11.2. The van der Waals surface area contributed by atoms with E-state index in [0.29, 0.717) is 11.3 Å². The van der Waals surface area contributed by atoms with E-state index >= 15 is 0 Å². The third-order valence-electron chi connectivity index (χ3n) is 1.81. The molecular weight excluding hydrogens is 168 g/mol. The zero-order valence-electron chi connectivity index (χ0n) is 7.70. The third kappa shape index (κ3) is 1.78. The Morgan fingerprint density at radius 1 is 1.69 bits per heavy atom. The topological polar surface area (TPSA) is 55.6 Å². The summed E-state index contributed by atoms with van der Waals surface area (Å²) in [5.41, 5.74) is 1.90. The van der Waals surface area contributed by atoms with Crippen LogP contribution in [0.5, 0.6) is 0 Å². The van der Waals surface area contributed by atoms with E-state index in [-0.39, 0.29) is 0 Å². The van der Waals surface area contributed by atoms with Gasteiger partial charge in [0, 0.05) is 11.9 Å². The highest BCUT2D eigenvalue weighted by atomic mass is 16.5. The van der Waals surface area contributed by atoms with Crippen molar-refractivity contribution in [2.75, 3.05) is 7.11 Å². The van der Waals surface area contributed by atoms with Gasteiger partial charge in [-0.25, -0.2) is 10.6 Å². The second-order valence-electron chi connectivity index (χ2n) is 2.76. The number of carbonyl (C=O) groups is 1. The minimum absolute atomic E-state index is 0.392. The molecule has 0 radical (unpaired) electrons. The lowest BCUT2D eigenvalue weighted by Crippen LogP contribution is -2.27. The van der Waals surface area contributed by atoms with Gasteiger partial charge in [-0.05, 0) is 18.6 Å². The van der Waals surface area contributed by atoms with E-state index in [0.717, 1.165) is 5.57 Å². The highest BCUT2D eigenvalue weighted by Gasteiger charge is 2.17. The van der Waals surface area contributed by atoms with E-state index < -0.39 is 5.97 Å². The van der Waals surface area contributed by atoms with Crippen molar-refractivity contribution < 1.29 is 9.53 Å². The molecule has 0 saturated heterocycles. The van der Waals surface area contributed by atoms with Gasteiger partial charge in [0.05, 0.1) is 12.7 Å². The molecule has 4 nitrogen and oxygen atoms in total. The summed E-state index contributed by atoms with van der Waals surface area (Å²) in [6.45, 7) is 5.50. The summed E-state index contributed by atoms with van der Waals surface area (Å²) in [7, 11) is 1.33. The van der Waals surface area contributed by atoms with Crippen LogP contribution < -0.4 is 5.84 Å². The molecule has 1 heterocycles. The minimum Gasteiger partial charge on any atom is -0.465 e. The second kappa shape index (κ2) is 3.45. The fourth-order valence-electron chi connectivity index (χ4n) is 1.05. The van der Waals surface area contributed by atoms with Crippen LogP contribution in [0.4, 0.5) is 0 Å². The predicted octanol–water partition coefficient (Wildman–Crippen LogP) is 0.693. The first kappa shape index (κ1) is 9.54. The van der Waals surface area contributed by atoms with Crippen LogP contribution in [0.3, 0.4) is 0 Å². The Balaban J connectivity index is 2.99. The Hall–Kier alpha value is -1.55. The Morgan fingerprint density at radius 3 is 2.85 bits per heavy atom. The zero-order chi connectivity index (χ0) is 10.0. The molecule has 0 bridgehead atoms. The molecule has 0 unspecified atom stereocenters. The third-order valence-corrected chi connectivity index (χ3v) is 1.81. The van der Waals surface area contributed by atoms with Crippen molar-refractivity contribution >= 4 is 5.97 Å². The van der Waals surface area contributed by atoms with Crippen molar-refractivity contribution in [3.8, 4) is 0 Å². The molecule has 0 aliphatic carbocycles. The van der Waals surface area contributed by atoms with Crippen LogP contribution in [0.25, 0.3) is 0 Å². The lowest BCUT2D eigenvalue weighted by molar-refractivity contribution is -0.135. The average molecular weight is 180 g/mol. The van der Waals surface area contributed by atoms with Crippen molar-refractivity contribution in [3.63, 3.8) is 0 Å². The molecule has 0 aromatic heterocycles. The first-order valence-corrected chi connectivity index (χ1v) is 3.78. The first-order valence-electron chi connectivity index (χ1n) is 3.78. The van der Waals surface area contributed by atoms with Gasteiger partial charge in [0.25, 0.3) is 0 Å². The Bertz CT molecular complexity index is 316. The average Bonchev–Trinajstić information content (AvgIpc) is 2.10. The van der Waals surface area contributed by atoms with Crippen molar-refractivity contribution in [1.29, 1.82) is 0 Å². The van der Waals surface area contributed by atoms with E-state index in [1.54, 1.807) is 13.0 Å². The minimum atomic E-state index is -0.392. The van der Waals surface area contributed by atoms with E-state index in [9.17, 15) is 4.79 Å². The molecular formula is C9H12N2O2. The standard InChI is InChI=1S/C9H12N2O2/c1-6-4-7(2)11(10)5-8(6)9(12)13-3/h4-5H,2,10H2,1,3H3. The monoisotopic (exact) mass is 180 g/mol. The van der Waals surface area contributed by atoms with Crippen molar-refractivity contribution in [2.24, 2.45) is 5.84 Å². The number of nitrogens with zero attached hydrogens (tertiary/aromatic N) is 1. The molecule has 70 valence electrons. The van der Waals surface area contributed by atoms with Crippen LogP contribution >= 0.6 is 0 Å². The number of carbonyl (C=O) groups excluding carboxylic acids is 1. The van der Waals surface area contributed by atoms with Gasteiger partial charge >= 0.3 is 5.97 Å². The lowest BCUT2D eigenvalue weighted by atomic mass is 10.1. The maximum Gasteiger partial charge on any atom is 0.339 e. The van der Waals surface area contributed by atoms with E-state index in [2.05, 4.69) is 11.3 Å². The summed E-state index contributed by atoms with van der Waals surface area (Å²) in [6.07, 6.45) is 3.23. The molecule has 0 aromatic carbocycles. The number of allylic oxidation sites excluding steroid dienone is 1. The largest absolute Gasteiger partial charge is 0.465 e. The van der Waals surface area contributed by atoms with Gasteiger partial charge in [-0.2, -0.15) is 0 Å². The van der Waals surface area contributed by atoms with Gasteiger partial charge in [-0.15, -0.1) is 0 Å². The van der Waals surface area contributed by atoms with Crippen LogP contribution in [0, 0.1) is 0 Å². The smallest absolute Gasteiger partial charge is 0.339 e.